The Balaban J connectivity index is 3.82. The van der Waals surface area contributed by atoms with Crippen molar-refractivity contribution in [2.24, 2.45) is 0 Å². The first-order chi connectivity index (χ1) is 37.5. The molecular weight excluding hydrogens is 978 g/mol. The Morgan fingerprint density at radius 1 is 0.416 bits per heavy atom. The highest BCUT2D eigenvalue weighted by atomic mass is 31.2. The van der Waals surface area contributed by atoms with E-state index in [-0.39, 0.29) is 32.0 Å². The molecule has 0 saturated carbocycles. The van der Waals surface area contributed by atoms with Gasteiger partial charge >= 0.3 is 19.8 Å². The van der Waals surface area contributed by atoms with E-state index in [1.165, 1.54) is 238 Å². The predicted molar refractivity (Wildman–Crippen MR) is 330 cm³/mol. The van der Waals surface area contributed by atoms with Crippen LogP contribution in [0, 0.1) is 0 Å². The molecule has 0 bridgehead atoms. The van der Waals surface area contributed by atoms with Crippen molar-refractivity contribution in [1.29, 1.82) is 0 Å². The molecule has 0 rings (SSSR count). The molecule has 0 radical (unpaired) electrons. The Morgan fingerprint density at radius 2 is 0.740 bits per heavy atom. The van der Waals surface area contributed by atoms with Crippen LogP contribution in [0.3, 0.4) is 0 Å². The van der Waals surface area contributed by atoms with Crippen molar-refractivity contribution in [3.8, 4) is 0 Å². The van der Waals surface area contributed by atoms with Gasteiger partial charge in [0.05, 0.1) is 27.7 Å². The predicted octanol–water partition coefficient (Wildman–Crippen LogP) is 20.9. The zero-order valence-electron chi connectivity index (χ0n) is 51.5. The normalized spacial score (nSPS) is 13.5. The molecule has 2 unspecified atom stereocenters. The molecule has 0 aliphatic carbocycles. The SMILES string of the molecule is CC/C=C\C/C=C\C/C=C\C/C=C\CCC(=O)OC(COC(=O)CCCCCCCCCCCCCCCCCCCCCCCCCCCCCCCCCCCCCCCCCC)COP(=O)(O)OCC[N+](C)(C)C. The maximum Gasteiger partial charge on any atom is 0.472 e. The monoisotopic (exact) mass is 1100 g/mol. The molecule has 10 heteroatoms. The molecule has 1 N–H and O–H groups in total. The van der Waals surface area contributed by atoms with E-state index in [0.717, 1.165) is 44.9 Å². The smallest absolute Gasteiger partial charge is 0.462 e. The summed E-state index contributed by atoms with van der Waals surface area (Å²) in [6.45, 7) is 4.26. The summed E-state index contributed by atoms with van der Waals surface area (Å²) in [5, 5.41) is 0. The molecule has 0 amide bonds. The fraction of sp³-hybridized carbons (Fsp3) is 0.851. The number of phosphoric acid groups is 1. The standard InChI is InChI=1S/C67H126NO8P/c1-6-8-10-12-14-16-18-20-21-22-23-24-25-26-27-28-29-30-31-32-33-34-35-36-37-38-39-40-41-42-43-44-45-46-48-49-51-53-55-57-59-66(69)73-63-65(64-75-77(71,72)74-62-61-68(3,4)5)76-67(70)60-58-56-54-52-50-47-19-17-15-13-11-9-7-2/h9,11,15,17,47,50,54,56,65H,6-8,10,12-14,16,18-46,48-49,51-53,55,57-64H2,1-5H3/p+1/b11-9-,17-15-,50-47-,56-54-. The Morgan fingerprint density at radius 3 is 1.08 bits per heavy atom. The number of carbonyl (C=O) groups is 2. The van der Waals surface area contributed by atoms with Crippen molar-refractivity contribution >= 4 is 19.8 Å². The number of allylic oxidation sites excluding steroid dienone is 8. The third-order valence-corrected chi connectivity index (χ3v) is 15.6. The van der Waals surface area contributed by atoms with Crippen LogP contribution in [0.25, 0.3) is 0 Å². The molecule has 0 fully saturated rings. The lowest BCUT2D eigenvalue weighted by atomic mass is 10.0. The molecule has 0 aromatic carbocycles. The number of hydrogen-bond donors (Lipinski definition) is 1. The minimum absolute atomic E-state index is 0.0192. The van der Waals surface area contributed by atoms with Crippen LogP contribution in [0.5, 0.6) is 0 Å². The Bertz CT molecular complexity index is 1440. The Labute approximate surface area is 477 Å². The molecular formula is C67H127NO8P+. The van der Waals surface area contributed by atoms with Gasteiger partial charge in [0.1, 0.15) is 19.8 Å². The van der Waals surface area contributed by atoms with Gasteiger partial charge in [0.15, 0.2) is 6.10 Å². The van der Waals surface area contributed by atoms with Gasteiger partial charge in [-0.05, 0) is 38.5 Å². The van der Waals surface area contributed by atoms with Crippen LogP contribution in [-0.2, 0) is 32.7 Å². The second kappa shape index (κ2) is 58.6. The summed E-state index contributed by atoms with van der Waals surface area (Å²) in [7, 11) is 1.44. The molecule has 0 aromatic rings. The average molecular weight is 1110 g/mol. The number of carbonyl (C=O) groups excluding carboxylic acids is 2. The summed E-state index contributed by atoms with van der Waals surface area (Å²) >= 11 is 0. The van der Waals surface area contributed by atoms with E-state index in [4.69, 9.17) is 18.5 Å². The van der Waals surface area contributed by atoms with E-state index >= 15 is 0 Å². The summed E-state index contributed by atoms with van der Waals surface area (Å²) in [4.78, 5) is 35.6. The van der Waals surface area contributed by atoms with Crippen LogP contribution < -0.4 is 0 Å². The topological polar surface area (TPSA) is 108 Å². The number of unbranched alkanes of at least 4 members (excludes halogenated alkanes) is 39. The third kappa shape index (κ3) is 63.0. The van der Waals surface area contributed by atoms with Crippen LogP contribution >= 0.6 is 7.82 Å². The summed E-state index contributed by atoms with van der Waals surface area (Å²) < 4.78 is 34.4. The van der Waals surface area contributed by atoms with E-state index < -0.39 is 26.5 Å². The second-order valence-electron chi connectivity index (χ2n) is 23.5. The molecule has 77 heavy (non-hydrogen) atoms. The van der Waals surface area contributed by atoms with Gasteiger partial charge in [-0.25, -0.2) is 4.57 Å². The second-order valence-corrected chi connectivity index (χ2v) is 24.9. The highest BCUT2D eigenvalue weighted by Gasteiger charge is 2.27. The van der Waals surface area contributed by atoms with Gasteiger partial charge in [-0.2, -0.15) is 0 Å². The number of ether oxygens (including phenoxy) is 2. The molecule has 452 valence electrons. The van der Waals surface area contributed by atoms with Crippen molar-refractivity contribution in [3.05, 3.63) is 48.6 Å². The van der Waals surface area contributed by atoms with Gasteiger partial charge in [-0.1, -0.05) is 313 Å². The molecule has 0 aliphatic heterocycles. The first kappa shape index (κ1) is 75.0. The fourth-order valence-electron chi connectivity index (χ4n) is 9.62. The van der Waals surface area contributed by atoms with E-state index in [2.05, 4.69) is 50.3 Å². The molecule has 0 aromatic heterocycles. The summed E-state index contributed by atoms with van der Waals surface area (Å²) in [6, 6.07) is 0. The minimum Gasteiger partial charge on any atom is -0.462 e. The first-order valence-electron chi connectivity index (χ1n) is 32.9. The van der Waals surface area contributed by atoms with E-state index in [1.807, 2.05) is 33.3 Å². The number of nitrogens with zero attached hydrogens (tertiary/aromatic N) is 1. The summed E-state index contributed by atoms with van der Waals surface area (Å²) in [6.07, 6.45) is 75.7. The van der Waals surface area contributed by atoms with Crippen molar-refractivity contribution in [3.63, 3.8) is 0 Å². The highest BCUT2D eigenvalue weighted by molar-refractivity contribution is 7.47. The van der Waals surface area contributed by atoms with Gasteiger partial charge in [0, 0.05) is 12.8 Å². The van der Waals surface area contributed by atoms with E-state index in [1.54, 1.807) is 0 Å². The molecule has 0 saturated heterocycles. The molecule has 2 atom stereocenters. The van der Waals surface area contributed by atoms with Crippen LogP contribution in [0.2, 0.25) is 0 Å². The number of esters is 2. The van der Waals surface area contributed by atoms with Gasteiger partial charge in [0.25, 0.3) is 0 Å². The molecule has 0 aliphatic rings. The van der Waals surface area contributed by atoms with Crippen LogP contribution in [0.1, 0.15) is 316 Å². The summed E-state index contributed by atoms with van der Waals surface area (Å²) in [5.74, 6) is -0.883. The zero-order valence-corrected chi connectivity index (χ0v) is 52.4. The number of hydrogen-bond acceptors (Lipinski definition) is 7. The maximum absolute atomic E-state index is 12.7. The van der Waals surface area contributed by atoms with E-state index in [0.29, 0.717) is 17.4 Å². The van der Waals surface area contributed by atoms with Crippen molar-refractivity contribution < 1.29 is 42.1 Å². The largest absolute Gasteiger partial charge is 0.472 e. The number of quaternary nitrogens is 1. The van der Waals surface area contributed by atoms with Gasteiger partial charge in [-0.15, -0.1) is 0 Å². The van der Waals surface area contributed by atoms with E-state index in [9.17, 15) is 19.0 Å². The van der Waals surface area contributed by atoms with Crippen molar-refractivity contribution in [2.45, 2.75) is 322 Å². The number of rotatable bonds is 61. The lowest BCUT2D eigenvalue weighted by Gasteiger charge is -2.24. The Hall–Kier alpha value is -2.03. The van der Waals surface area contributed by atoms with Crippen LogP contribution in [0.4, 0.5) is 0 Å². The van der Waals surface area contributed by atoms with Crippen LogP contribution in [0.15, 0.2) is 48.6 Å². The summed E-state index contributed by atoms with van der Waals surface area (Å²) in [5.41, 5.74) is 0. The van der Waals surface area contributed by atoms with Crippen LogP contribution in [-0.4, -0.2) is 74.9 Å². The van der Waals surface area contributed by atoms with Crippen molar-refractivity contribution in [1.82, 2.24) is 0 Å². The maximum atomic E-state index is 12.7. The van der Waals surface area contributed by atoms with Gasteiger partial charge in [-0.3, -0.25) is 18.6 Å². The highest BCUT2D eigenvalue weighted by Crippen LogP contribution is 2.43. The fourth-order valence-corrected chi connectivity index (χ4v) is 10.4. The quantitative estimate of drug-likeness (QED) is 0.0211. The molecule has 0 spiro atoms. The average Bonchev–Trinajstić information content (AvgIpc) is 3.39. The first-order valence-corrected chi connectivity index (χ1v) is 34.4. The number of phosphoric ester groups is 1. The minimum atomic E-state index is -4.40. The lowest BCUT2D eigenvalue weighted by molar-refractivity contribution is -0.870. The lowest BCUT2D eigenvalue weighted by Crippen LogP contribution is -2.37. The third-order valence-electron chi connectivity index (χ3n) is 14.6. The van der Waals surface area contributed by atoms with Gasteiger partial charge in [0.2, 0.25) is 0 Å². The zero-order chi connectivity index (χ0) is 56.3. The molecule has 9 nitrogen and oxygen atoms in total. The van der Waals surface area contributed by atoms with Gasteiger partial charge < -0.3 is 18.9 Å². The molecule has 0 heterocycles. The number of likely N-dealkylation sites (N-methyl/N-ethyl adjacent to an activating group) is 1. The Kier molecular flexibility index (Phi) is 57.1. The van der Waals surface area contributed by atoms with Crippen molar-refractivity contribution in [2.75, 3.05) is 47.5 Å².